The summed E-state index contributed by atoms with van der Waals surface area (Å²) in [6.45, 7) is 6.71. The Bertz CT molecular complexity index is 852. The molecule has 200 valence electrons. The highest BCUT2D eigenvalue weighted by Crippen LogP contribution is 2.42. The molecule has 0 aromatic heterocycles. The van der Waals surface area contributed by atoms with Crippen molar-refractivity contribution in [3.05, 3.63) is 89.5 Å². The van der Waals surface area contributed by atoms with Crippen molar-refractivity contribution in [1.29, 1.82) is 0 Å². The van der Waals surface area contributed by atoms with Crippen molar-refractivity contribution in [2.24, 2.45) is 0 Å². The van der Waals surface area contributed by atoms with Gasteiger partial charge in [0.1, 0.15) is 17.2 Å². The van der Waals surface area contributed by atoms with Gasteiger partial charge < -0.3 is 13.6 Å². The summed E-state index contributed by atoms with van der Waals surface area (Å²) in [5.41, 5.74) is 4.01. The zero-order valence-electron chi connectivity index (χ0n) is 23.1. The highest BCUT2D eigenvalue weighted by molar-refractivity contribution is 7.43. The van der Waals surface area contributed by atoms with Crippen molar-refractivity contribution < 1.29 is 13.6 Å². The first kappa shape index (κ1) is 29.1. The molecule has 3 aromatic rings. The summed E-state index contributed by atoms with van der Waals surface area (Å²) in [4.78, 5) is 0. The van der Waals surface area contributed by atoms with Gasteiger partial charge in [-0.1, -0.05) is 95.7 Å². The summed E-state index contributed by atoms with van der Waals surface area (Å²) in [6, 6.07) is 25.0. The van der Waals surface area contributed by atoms with E-state index in [1.807, 2.05) is 36.4 Å². The van der Waals surface area contributed by atoms with E-state index in [1.165, 1.54) is 74.5 Å². The molecule has 0 unspecified atom stereocenters. The predicted molar refractivity (Wildman–Crippen MR) is 158 cm³/mol. The van der Waals surface area contributed by atoms with Gasteiger partial charge in [-0.2, -0.15) is 0 Å². The Labute approximate surface area is 226 Å². The maximum atomic E-state index is 6.24. The number of rotatable bonds is 18. The van der Waals surface area contributed by atoms with Crippen LogP contribution < -0.4 is 13.6 Å². The first-order valence-corrected chi connectivity index (χ1v) is 15.4. The van der Waals surface area contributed by atoms with Crippen molar-refractivity contribution in [3.63, 3.8) is 0 Å². The van der Waals surface area contributed by atoms with E-state index in [9.17, 15) is 0 Å². The number of aryl methyl sites for hydroxylation is 3. The first-order valence-electron chi connectivity index (χ1n) is 14.3. The van der Waals surface area contributed by atoms with Crippen LogP contribution in [0.3, 0.4) is 0 Å². The molecule has 0 spiro atoms. The van der Waals surface area contributed by atoms with Crippen molar-refractivity contribution in [2.45, 2.75) is 97.8 Å². The quantitative estimate of drug-likeness (QED) is 0.123. The summed E-state index contributed by atoms with van der Waals surface area (Å²) >= 11 is 0. The van der Waals surface area contributed by atoms with Gasteiger partial charge in [-0.05, 0) is 91.6 Å². The average Bonchev–Trinajstić information content (AvgIpc) is 2.92. The third kappa shape index (κ3) is 11.2. The van der Waals surface area contributed by atoms with Crippen LogP contribution in [0.2, 0.25) is 0 Å². The normalized spacial score (nSPS) is 11.0. The lowest BCUT2D eigenvalue weighted by atomic mass is 10.1. The number of hydrogen-bond acceptors (Lipinski definition) is 3. The molecule has 3 nitrogen and oxygen atoms in total. The van der Waals surface area contributed by atoms with Crippen LogP contribution in [0.15, 0.2) is 72.8 Å². The molecule has 0 amide bonds. The lowest BCUT2D eigenvalue weighted by Gasteiger charge is -2.18. The van der Waals surface area contributed by atoms with E-state index < -0.39 is 8.60 Å². The van der Waals surface area contributed by atoms with Crippen LogP contribution >= 0.6 is 8.60 Å². The summed E-state index contributed by atoms with van der Waals surface area (Å²) in [5, 5.41) is 0. The van der Waals surface area contributed by atoms with Crippen LogP contribution in [-0.2, 0) is 19.3 Å². The fourth-order valence-corrected chi connectivity index (χ4v) is 5.20. The third-order valence-corrected chi connectivity index (χ3v) is 7.60. The van der Waals surface area contributed by atoms with Gasteiger partial charge >= 0.3 is 8.60 Å². The van der Waals surface area contributed by atoms with Crippen LogP contribution in [-0.4, -0.2) is 0 Å². The Kier molecular flexibility index (Phi) is 13.4. The number of hydrogen-bond donors (Lipinski definition) is 0. The Balaban J connectivity index is 1.66. The van der Waals surface area contributed by atoms with Gasteiger partial charge in [0.05, 0.1) is 0 Å². The van der Waals surface area contributed by atoms with Crippen LogP contribution in [0.1, 0.15) is 95.2 Å². The molecule has 3 rings (SSSR count). The van der Waals surface area contributed by atoms with Crippen LogP contribution in [0, 0.1) is 0 Å². The molecule has 4 heteroatoms. The minimum atomic E-state index is -1.66. The molecule has 37 heavy (non-hydrogen) atoms. The second-order valence-electron chi connectivity index (χ2n) is 9.80. The first-order chi connectivity index (χ1) is 18.2. The molecule has 3 aromatic carbocycles. The highest BCUT2D eigenvalue weighted by atomic mass is 31.2. The molecule has 0 aliphatic rings. The van der Waals surface area contributed by atoms with Gasteiger partial charge in [0, 0.05) is 0 Å². The average molecular weight is 521 g/mol. The molecule has 0 saturated heterocycles. The number of benzene rings is 3. The molecule has 0 radical (unpaired) electrons. The molecular weight excluding hydrogens is 475 g/mol. The van der Waals surface area contributed by atoms with E-state index in [4.69, 9.17) is 13.6 Å². The molecule has 0 atom stereocenters. The maximum absolute atomic E-state index is 6.24. The van der Waals surface area contributed by atoms with E-state index in [2.05, 4.69) is 57.2 Å². The van der Waals surface area contributed by atoms with E-state index in [0.717, 1.165) is 36.5 Å². The zero-order chi connectivity index (χ0) is 26.1. The lowest BCUT2D eigenvalue weighted by Crippen LogP contribution is -2.03. The fraction of sp³-hybridized carbons (Fsp3) is 0.455. The van der Waals surface area contributed by atoms with Crippen molar-refractivity contribution >= 4 is 8.60 Å². The molecule has 0 heterocycles. The monoisotopic (exact) mass is 520 g/mol. The van der Waals surface area contributed by atoms with Crippen molar-refractivity contribution in [1.82, 2.24) is 0 Å². The van der Waals surface area contributed by atoms with E-state index in [1.54, 1.807) is 0 Å². The minimum Gasteiger partial charge on any atom is -0.409 e. The second kappa shape index (κ2) is 17.1. The topological polar surface area (TPSA) is 27.7 Å². The molecule has 0 bridgehead atoms. The van der Waals surface area contributed by atoms with Gasteiger partial charge in [0.2, 0.25) is 0 Å². The Morgan fingerprint density at radius 2 is 0.676 bits per heavy atom. The standard InChI is InChI=1S/C33H45O3P/c1-4-7-10-13-28-16-22-31(23-17-28)34-37(35-32-24-18-29(19-25-32)14-11-8-5-2)36-33-26-20-30(21-27-33)15-12-9-6-3/h16-27H,4-15H2,1-3H3. The van der Waals surface area contributed by atoms with E-state index in [-0.39, 0.29) is 0 Å². The van der Waals surface area contributed by atoms with E-state index in [0.29, 0.717) is 0 Å². The Morgan fingerprint density at radius 3 is 0.919 bits per heavy atom. The predicted octanol–water partition coefficient (Wildman–Crippen LogP) is 10.6. The van der Waals surface area contributed by atoms with Crippen molar-refractivity contribution in [3.8, 4) is 17.2 Å². The molecule has 0 aliphatic heterocycles. The summed E-state index contributed by atoms with van der Waals surface area (Å²) in [5.74, 6) is 2.29. The van der Waals surface area contributed by atoms with Gasteiger partial charge in [0.25, 0.3) is 0 Å². The van der Waals surface area contributed by atoms with Gasteiger partial charge in [0.15, 0.2) is 0 Å². The smallest absolute Gasteiger partial charge is 0.409 e. The Hall–Kier alpha value is -2.51. The fourth-order valence-electron chi connectivity index (χ4n) is 4.20. The second-order valence-corrected chi connectivity index (χ2v) is 10.8. The van der Waals surface area contributed by atoms with Gasteiger partial charge in [-0.15, -0.1) is 0 Å². The molecule has 0 fully saturated rings. The zero-order valence-corrected chi connectivity index (χ0v) is 24.0. The largest absolute Gasteiger partial charge is 0.530 e. The van der Waals surface area contributed by atoms with Gasteiger partial charge in [-0.3, -0.25) is 0 Å². The van der Waals surface area contributed by atoms with Gasteiger partial charge in [-0.25, -0.2) is 0 Å². The van der Waals surface area contributed by atoms with Crippen molar-refractivity contribution in [2.75, 3.05) is 0 Å². The summed E-state index contributed by atoms with van der Waals surface area (Å²) in [6.07, 6.45) is 14.5. The van der Waals surface area contributed by atoms with Crippen LogP contribution in [0.25, 0.3) is 0 Å². The van der Waals surface area contributed by atoms with Crippen LogP contribution in [0.5, 0.6) is 17.2 Å². The Morgan fingerprint density at radius 1 is 0.405 bits per heavy atom. The highest BCUT2D eigenvalue weighted by Gasteiger charge is 2.20. The molecule has 0 N–H and O–H groups in total. The number of unbranched alkanes of at least 4 members (excludes halogenated alkanes) is 6. The molecule has 0 aliphatic carbocycles. The minimum absolute atomic E-state index is 0.762. The molecular formula is C33H45O3P. The lowest BCUT2D eigenvalue weighted by molar-refractivity contribution is 0.388. The summed E-state index contributed by atoms with van der Waals surface area (Å²) < 4.78 is 18.7. The SMILES string of the molecule is CCCCCc1ccc(OP(Oc2ccc(CCCCC)cc2)Oc2ccc(CCCCC)cc2)cc1. The van der Waals surface area contributed by atoms with E-state index >= 15 is 0 Å². The molecule has 0 saturated carbocycles. The summed E-state index contributed by atoms with van der Waals surface area (Å²) in [7, 11) is -1.66. The van der Waals surface area contributed by atoms with Crippen LogP contribution in [0.4, 0.5) is 0 Å². The third-order valence-electron chi connectivity index (χ3n) is 6.52. The maximum Gasteiger partial charge on any atom is 0.530 e.